The van der Waals surface area contributed by atoms with E-state index in [0.717, 1.165) is 34.3 Å². The molecule has 4 rings (SSSR count). The number of benzene rings is 1. The van der Waals surface area contributed by atoms with Crippen molar-refractivity contribution < 1.29 is 9.90 Å². The van der Waals surface area contributed by atoms with E-state index in [1.807, 2.05) is 24.5 Å². The molecule has 0 saturated heterocycles. The summed E-state index contributed by atoms with van der Waals surface area (Å²) in [6.45, 7) is 0.367. The minimum atomic E-state index is -0.750. The van der Waals surface area contributed by atoms with Crippen molar-refractivity contribution in [2.24, 2.45) is 21.8 Å². The van der Waals surface area contributed by atoms with Crippen molar-refractivity contribution in [1.29, 1.82) is 0 Å². The largest absolute Gasteiger partial charge is 0.481 e. The zero-order chi connectivity index (χ0) is 14.4. The van der Waals surface area contributed by atoms with Crippen LogP contribution < -0.4 is 0 Å². The molecule has 5 nitrogen and oxygen atoms in total. The first-order valence-corrected chi connectivity index (χ1v) is 7.13. The maximum absolute atomic E-state index is 11.2. The number of nitrogens with one attached hydrogen (secondary N) is 1. The van der Waals surface area contributed by atoms with E-state index in [-0.39, 0.29) is 11.8 Å². The lowest BCUT2D eigenvalue weighted by atomic mass is 9.83. The second kappa shape index (κ2) is 4.55. The van der Waals surface area contributed by atoms with Gasteiger partial charge in [-0.25, -0.2) is 0 Å². The third-order valence-corrected chi connectivity index (χ3v) is 4.35. The summed E-state index contributed by atoms with van der Waals surface area (Å²) < 4.78 is 0. The monoisotopic (exact) mass is 281 g/mol. The molecule has 2 atom stereocenters. The van der Waals surface area contributed by atoms with E-state index in [2.05, 4.69) is 21.0 Å². The fourth-order valence-corrected chi connectivity index (χ4v) is 3.24. The molecule has 0 fully saturated rings. The van der Waals surface area contributed by atoms with Gasteiger partial charge in [-0.1, -0.05) is 0 Å². The average molecular weight is 281 g/mol. The number of hydrogen-bond acceptors (Lipinski definition) is 3. The normalized spacial score (nSPS) is 24.1. The van der Waals surface area contributed by atoms with Crippen molar-refractivity contribution in [3.8, 4) is 0 Å². The molecule has 2 aliphatic heterocycles. The molecule has 21 heavy (non-hydrogen) atoms. The van der Waals surface area contributed by atoms with Crippen molar-refractivity contribution in [3.05, 3.63) is 30.0 Å². The van der Waals surface area contributed by atoms with Crippen LogP contribution in [0, 0.1) is 11.8 Å². The van der Waals surface area contributed by atoms with Gasteiger partial charge in [-0.15, -0.1) is 0 Å². The van der Waals surface area contributed by atoms with Crippen molar-refractivity contribution in [2.75, 3.05) is 6.54 Å². The maximum Gasteiger partial charge on any atom is 0.308 e. The smallest absolute Gasteiger partial charge is 0.308 e. The molecule has 0 bridgehead atoms. The van der Waals surface area contributed by atoms with Gasteiger partial charge in [0.1, 0.15) is 0 Å². The van der Waals surface area contributed by atoms with E-state index in [1.165, 1.54) is 0 Å². The van der Waals surface area contributed by atoms with E-state index in [9.17, 15) is 9.90 Å². The standard InChI is InChI=1S/C16H15N3O2/c20-16(21)11-5-10-2-4-18-14-7-13-9(1-3-17-13)6-12(14)15(10)19-8-11/h1,3-4,6-7,10-11,17H,2,5,8H2,(H,20,21). The summed E-state index contributed by atoms with van der Waals surface area (Å²) in [5.74, 6) is -0.966. The summed E-state index contributed by atoms with van der Waals surface area (Å²) in [4.78, 5) is 23.5. The molecule has 0 saturated carbocycles. The minimum absolute atomic E-state index is 0.154. The molecule has 0 spiro atoms. The van der Waals surface area contributed by atoms with E-state index >= 15 is 0 Å². The van der Waals surface area contributed by atoms with Gasteiger partial charge in [0, 0.05) is 40.5 Å². The Balaban J connectivity index is 1.85. The van der Waals surface area contributed by atoms with Gasteiger partial charge in [0.2, 0.25) is 0 Å². The highest BCUT2D eigenvalue weighted by Gasteiger charge is 2.32. The molecule has 5 heteroatoms. The predicted molar refractivity (Wildman–Crippen MR) is 81.7 cm³/mol. The van der Waals surface area contributed by atoms with Crippen LogP contribution in [0.15, 0.2) is 34.4 Å². The van der Waals surface area contributed by atoms with E-state index in [0.29, 0.717) is 13.0 Å². The number of aromatic nitrogens is 1. The number of hydrogen-bond donors (Lipinski definition) is 2. The van der Waals surface area contributed by atoms with Crippen LogP contribution >= 0.6 is 0 Å². The lowest BCUT2D eigenvalue weighted by Crippen LogP contribution is -2.30. The van der Waals surface area contributed by atoms with Gasteiger partial charge in [-0.2, -0.15) is 0 Å². The summed E-state index contributed by atoms with van der Waals surface area (Å²) in [7, 11) is 0. The van der Waals surface area contributed by atoms with Crippen molar-refractivity contribution in [1.82, 2.24) is 4.98 Å². The molecule has 3 heterocycles. The zero-order valence-electron chi connectivity index (χ0n) is 11.4. The SMILES string of the molecule is O=C(O)C1CN=C2c3cc4cc[nH]c4cc3N=CCC2C1. The van der Waals surface area contributed by atoms with Gasteiger partial charge in [-0.05, 0) is 31.0 Å². The molecule has 2 aromatic rings. The number of aliphatic carboxylic acids is 1. The highest BCUT2D eigenvalue weighted by molar-refractivity contribution is 6.11. The Bertz CT molecular complexity index is 788. The number of nitrogens with zero attached hydrogens (tertiary/aromatic N) is 2. The molecule has 0 aliphatic carbocycles. The quantitative estimate of drug-likeness (QED) is 0.843. The van der Waals surface area contributed by atoms with Crippen LogP contribution in [-0.4, -0.2) is 34.5 Å². The maximum atomic E-state index is 11.2. The fourth-order valence-electron chi connectivity index (χ4n) is 3.24. The number of carboxylic acids is 1. The first kappa shape index (κ1) is 12.3. The van der Waals surface area contributed by atoms with Crippen molar-refractivity contribution in [2.45, 2.75) is 12.8 Å². The summed E-state index contributed by atoms with van der Waals surface area (Å²) >= 11 is 0. The number of carboxylic acid groups (broad SMARTS) is 1. The highest BCUT2D eigenvalue weighted by atomic mass is 16.4. The van der Waals surface area contributed by atoms with E-state index in [1.54, 1.807) is 0 Å². The molecule has 2 N–H and O–H groups in total. The van der Waals surface area contributed by atoms with Gasteiger partial charge in [-0.3, -0.25) is 14.8 Å². The molecule has 0 radical (unpaired) electrons. The molecule has 2 unspecified atom stereocenters. The first-order valence-electron chi connectivity index (χ1n) is 7.13. The first-order chi connectivity index (χ1) is 10.2. The summed E-state index contributed by atoms with van der Waals surface area (Å²) in [5, 5.41) is 10.3. The van der Waals surface area contributed by atoms with Gasteiger partial charge in [0.15, 0.2) is 0 Å². The Morgan fingerprint density at radius 3 is 3.14 bits per heavy atom. The van der Waals surface area contributed by atoms with E-state index in [4.69, 9.17) is 0 Å². The van der Waals surface area contributed by atoms with Crippen LogP contribution in [0.25, 0.3) is 10.9 Å². The fraction of sp³-hybridized carbons (Fsp3) is 0.312. The molecule has 2 aliphatic rings. The average Bonchev–Trinajstić information content (AvgIpc) is 2.85. The molecule has 1 aromatic carbocycles. The Kier molecular flexibility index (Phi) is 2.67. The van der Waals surface area contributed by atoms with Crippen LogP contribution in [-0.2, 0) is 4.79 Å². The molecular weight excluding hydrogens is 266 g/mol. The van der Waals surface area contributed by atoms with Crippen LogP contribution in [0.2, 0.25) is 0 Å². The number of H-pyrrole nitrogens is 1. The topological polar surface area (TPSA) is 77.8 Å². The Hall–Kier alpha value is -2.43. The minimum Gasteiger partial charge on any atom is -0.481 e. The van der Waals surface area contributed by atoms with Crippen LogP contribution in [0.5, 0.6) is 0 Å². The predicted octanol–water partition coefficient (Wildman–Crippen LogP) is 2.78. The number of aliphatic imine (C=N–C) groups is 2. The molecule has 1 aromatic heterocycles. The third-order valence-electron chi connectivity index (χ3n) is 4.35. The van der Waals surface area contributed by atoms with Crippen LogP contribution in [0.1, 0.15) is 18.4 Å². The lowest BCUT2D eigenvalue weighted by molar-refractivity contribution is -0.141. The number of carbonyl (C=O) groups is 1. The third kappa shape index (κ3) is 1.96. The Morgan fingerprint density at radius 2 is 2.29 bits per heavy atom. The second-order valence-corrected chi connectivity index (χ2v) is 5.68. The summed E-state index contributed by atoms with van der Waals surface area (Å²) in [5.41, 5.74) is 4.04. The number of fused-ring (bicyclic) bond motifs is 4. The summed E-state index contributed by atoms with van der Waals surface area (Å²) in [6.07, 6.45) is 5.20. The van der Waals surface area contributed by atoms with Gasteiger partial charge >= 0.3 is 5.97 Å². The molecule has 106 valence electrons. The van der Waals surface area contributed by atoms with E-state index < -0.39 is 5.97 Å². The highest BCUT2D eigenvalue weighted by Crippen LogP contribution is 2.35. The van der Waals surface area contributed by atoms with Crippen LogP contribution in [0.4, 0.5) is 5.69 Å². The Morgan fingerprint density at radius 1 is 1.38 bits per heavy atom. The van der Waals surface area contributed by atoms with Crippen molar-refractivity contribution >= 4 is 34.5 Å². The van der Waals surface area contributed by atoms with Gasteiger partial charge < -0.3 is 10.1 Å². The zero-order valence-corrected chi connectivity index (χ0v) is 11.4. The summed E-state index contributed by atoms with van der Waals surface area (Å²) in [6, 6.07) is 6.18. The lowest BCUT2D eigenvalue weighted by Gasteiger charge is -2.25. The van der Waals surface area contributed by atoms with Gasteiger partial charge in [0.25, 0.3) is 0 Å². The second-order valence-electron chi connectivity index (χ2n) is 5.68. The Labute approximate surface area is 121 Å². The number of rotatable bonds is 1. The van der Waals surface area contributed by atoms with Crippen LogP contribution in [0.3, 0.4) is 0 Å². The van der Waals surface area contributed by atoms with Crippen molar-refractivity contribution in [3.63, 3.8) is 0 Å². The molecule has 0 amide bonds. The van der Waals surface area contributed by atoms with Gasteiger partial charge in [0.05, 0.1) is 18.2 Å². The molecular formula is C16H15N3O2. The number of aromatic amines is 1.